The minimum Gasteiger partial charge on any atom is -0.246 e. The molecule has 1 nitrogen and oxygen atoms in total. The molecule has 0 spiro atoms. The van der Waals surface area contributed by atoms with Crippen LogP contribution in [0.2, 0.25) is 0 Å². The van der Waals surface area contributed by atoms with E-state index in [0.717, 1.165) is 5.92 Å². The third-order valence-electron chi connectivity index (χ3n) is 3.23. The second-order valence-corrected chi connectivity index (χ2v) is 5.74. The minimum atomic E-state index is 0.885. The van der Waals surface area contributed by atoms with Gasteiger partial charge in [-0.2, -0.15) is 0 Å². The Morgan fingerprint density at radius 2 is 1.67 bits per heavy atom. The molecule has 0 aromatic heterocycles. The summed E-state index contributed by atoms with van der Waals surface area (Å²) in [6.45, 7) is 2.52. The zero-order valence-electron chi connectivity index (χ0n) is 8.98. The summed E-state index contributed by atoms with van der Waals surface area (Å²) >= 11 is 1.93. The highest BCUT2D eigenvalue weighted by Gasteiger charge is 2.23. The molecule has 0 amide bonds. The van der Waals surface area contributed by atoms with E-state index in [4.69, 9.17) is 0 Å². The van der Waals surface area contributed by atoms with Crippen LogP contribution in [0.25, 0.3) is 0 Å². The molecule has 1 saturated heterocycles. The third-order valence-corrected chi connectivity index (χ3v) is 4.33. The van der Waals surface area contributed by atoms with Crippen molar-refractivity contribution in [2.24, 2.45) is 0 Å². The predicted molar refractivity (Wildman–Crippen MR) is 65.1 cm³/mol. The van der Waals surface area contributed by atoms with Crippen molar-refractivity contribution in [2.75, 3.05) is 13.1 Å². The van der Waals surface area contributed by atoms with E-state index in [2.05, 4.69) is 28.6 Å². The Morgan fingerprint density at radius 1 is 1.00 bits per heavy atom. The van der Waals surface area contributed by atoms with Crippen LogP contribution in [0, 0.1) is 0 Å². The summed E-state index contributed by atoms with van der Waals surface area (Å²) in [5.41, 5.74) is 1.54. The fourth-order valence-corrected chi connectivity index (χ4v) is 3.14. The Balaban J connectivity index is 1.64. The molecule has 15 heavy (non-hydrogen) atoms. The fraction of sp³-hybridized carbons (Fsp3) is 0.538. The van der Waals surface area contributed by atoms with Gasteiger partial charge in [-0.05, 0) is 61.2 Å². The zero-order chi connectivity index (χ0) is 10.1. The monoisotopic (exact) mass is 219 g/mol. The summed E-state index contributed by atoms with van der Waals surface area (Å²) in [4.78, 5) is 1.40. The van der Waals surface area contributed by atoms with E-state index < -0.39 is 0 Å². The van der Waals surface area contributed by atoms with Gasteiger partial charge in [-0.25, -0.2) is 4.31 Å². The lowest BCUT2D eigenvalue weighted by atomic mass is 10.1. The van der Waals surface area contributed by atoms with Crippen LogP contribution in [0.1, 0.15) is 37.2 Å². The normalized spacial score (nSPS) is 22.1. The average molecular weight is 219 g/mol. The first kappa shape index (κ1) is 9.73. The van der Waals surface area contributed by atoms with Crippen LogP contribution in [0.15, 0.2) is 29.2 Å². The summed E-state index contributed by atoms with van der Waals surface area (Å²) in [5.74, 6) is 0.885. The Morgan fingerprint density at radius 3 is 2.27 bits per heavy atom. The predicted octanol–water partition coefficient (Wildman–Crippen LogP) is 3.67. The Bertz CT molecular complexity index is 323. The summed E-state index contributed by atoms with van der Waals surface area (Å²) in [5, 5.41) is 0. The molecule has 0 N–H and O–H groups in total. The molecule has 0 bridgehead atoms. The van der Waals surface area contributed by atoms with Gasteiger partial charge in [-0.15, -0.1) is 0 Å². The maximum absolute atomic E-state index is 2.48. The van der Waals surface area contributed by atoms with Gasteiger partial charge in [0, 0.05) is 18.0 Å². The van der Waals surface area contributed by atoms with Crippen LogP contribution in [0.5, 0.6) is 0 Å². The maximum Gasteiger partial charge on any atom is 0.0230 e. The molecule has 0 radical (unpaired) electrons. The van der Waals surface area contributed by atoms with Crippen LogP contribution in [0.3, 0.4) is 0 Å². The second-order valence-electron chi connectivity index (χ2n) is 4.57. The van der Waals surface area contributed by atoms with Crippen molar-refractivity contribution in [1.29, 1.82) is 0 Å². The standard InChI is InChI=1S/C13H17NS/c1-2-10-14(9-1)15-13-7-5-12(6-8-13)11-3-4-11/h5-8,11H,1-4,9-10H2. The molecule has 2 heteroatoms. The first-order valence-electron chi connectivity index (χ1n) is 5.95. The fourth-order valence-electron chi connectivity index (χ4n) is 2.15. The van der Waals surface area contributed by atoms with E-state index in [0.29, 0.717) is 0 Å². The van der Waals surface area contributed by atoms with Gasteiger partial charge in [-0.3, -0.25) is 0 Å². The quantitative estimate of drug-likeness (QED) is 0.714. The molecule has 80 valence electrons. The van der Waals surface area contributed by atoms with Crippen LogP contribution < -0.4 is 0 Å². The van der Waals surface area contributed by atoms with Gasteiger partial charge in [0.1, 0.15) is 0 Å². The number of hydrogen-bond donors (Lipinski definition) is 0. The van der Waals surface area contributed by atoms with Crippen molar-refractivity contribution in [3.8, 4) is 0 Å². The van der Waals surface area contributed by atoms with Gasteiger partial charge in [0.25, 0.3) is 0 Å². The highest BCUT2D eigenvalue weighted by atomic mass is 32.2. The number of rotatable bonds is 3. The molecule has 0 atom stereocenters. The second kappa shape index (κ2) is 4.18. The Hall–Kier alpha value is -0.470. The molecular formula is C13H17NS. The van der Waals surface area contributed by atoms with Crippen molar-refractivity contribution in [1.82, 2.24) is 4.31 Å². The highest BCUT2D eigenvalue weighted by molar-refractivity contribution is 7.97. The van der Waals surface area contributed by atoms with Crippen molar-refractivity contribution in [2.45, 2.75) is 36.5 Å². The molecule has 1 aromatic carbocycles. The van der Waals surface area contributed by atoms with Gasteiger partial charge >= 0.3 is 0 Å². The summed E-state index contributed by atoms with van der Waals surface area (Å²) in [6.07, 6.45) is 5.54. The van der Waals surface area contributed by atoms with E-state index in [1.54, 1.807) is 5.56 Å². The molecule has 1 aromatic rings. The molecular weight excluding hydrogens is 202 g/mol. The summed E-state index contributed by atoms with van der Waals surface area (Å²) < 4.78 is 2.48. The maximum atomic E-state index is 2.48. The van der Waals surface area contributed by atoms with Gasteiger partial charge < -0.3 is 0 Å². The van der Waals surface area contributed by atoms with E-state index in [-0.39, 0.29) is 0 Å². The number of nitrogens with zero attached hydrogens (tertiary/aromatic N) is 1. The lowest BCUT2D eigenvalue weighted by Crippen LogP contribution is -2.08. The molecule has 1 aliphatic heterocycles. The van der Waals surface area contributed by atoms with Crippen LogP contribution >= 0.6 is 11.9 Å². The summed E-state index contributed by atoms with van der Waals surface area (Å²) in [6, 6.07) is 9.21. The molecule has 1 aliphatic carbocycles. The Labute approximate surface area is 96.0 Å². The Kier molecular flexibility index (Phi) is 2.72. The molecule has 0 unspecified atom stereocenters. The van der Waals surface area contributed by atoms with Crippen molar-refractivity contribution in [3.63, 3.8) is 0 Å². The van der Waals surface area contributed by atoms with E-state index in [1.165, 1.54) is 43.7 Å². The average Bonchev–Trinajstić information content (AvgIpc) is 2.99. The van der Waals surface area contributed by atoms with Crippen LogP contribution in [-0.2, 0) is 0 Å². The third kappa shape index (κ3) is 2.37. The first-order chi connectivity index (χ1) is 7.42. The smallest absolute Gasteiger partial charge is 0.0230 e. The largest absolute Gasteiger partial charge is 0.246 e. The van der Waals surface area contributed by atoms with Gasteiger partial charge in [0.05, 0.1) is 0 Å². The van der Waals surface area contributed by atoms with Gasteiger partial charge in [0.15, 0.2) is 0 Å². The van der Waals surface area contributed by atoms with E-state index in [1.807, 2.05) is 11.9 Å². The van der Waals surface area contributed by atoms with E-state index >= 15 is 0 Å². The SMILES string of the molecule is c1cc(C2CC2)ccc1SN1CCCC1. The molecule has 1 heterocycles. The van der Waals surface area contributed by atoms with Gasteiger partial charge in [-0.1, -0.05) is 12.1 Å². The molecule has 1 saturated carbocycles. The van der Waals surface area contributed by atoms with Crippen molar-refractivity contribution < 1.29 is 0 Å². The lowest BCUT2D eigenvalue weighted by Gasteiger charge is -2.13. The first-order valence-corrected chi connectivity index (χ1v) is 6.72. The van der Waals surface area contributed by atoms with Gasteiger partial charge in [0.2, 0.25) is 0 Å². The molecule has 3 rings (SSSR count). The topological polar surface area (TPSA) is 3.24 Å². The molecule has 2 fully saturated rings. The summed E-state index contributed by atoms with van der Waals surface area (Å²) in [7, 11) is 0. The highest BCUT2D eigenvalue weighted by Crippen LogP contribution is 2.40. The minimum absolute atomic E-state index is 0.885. The lowest BCUT2D eigenvalue weighted by molar-refractivity contribution is 0.586. The van der Waals surface area contributed by atoms with Crippen molar-refractivity contribution in [3.05, 3.63) is 29.8 Å². The van der Waals surface area contributed by atoms with Crippen LogP contribution in [-0.4, -0.2) is 17.4 Å². The number of hydrogen-bond acceptors (Lipinski definition) is 2. The van der Waals surface area contributed by atoms with Crippen molar-refractivity contribution >= 4 is 11.9 Å². The van der Waals surface area contributed by atoms with E-state index in [9.17, 15) is 0 Å². The molecule has 2 aliphatic rings. The number of benzene rings is 1. The van der Waals surface area contributed by atoms with Crippen LogP contribution in [0.4, 0.5) is 0 Å². The zero-order valence-corrected chi connectivity index (χ0v) is 9.80.